The monoisotopic (exact) mass is 229 g/mol. The SMILES string of the molecule is Cc1ccc(C)c(-c2cnc(CCCN)[nH]2)c1. The van der Waals surface area contributed by atoms with Crippen LogP contribution in [0.3, 0.4) is 0 Å². The highest BCUT2D eigenvalue weighted by atomic mass is 14.9. The van der Waals surface area contributed by atoms with E-state index in [1.807, 2.05) is 6.20 Å². The van der Waals surface area contributed by atoms with Crippen LogP contribution in [0, 0.1) is 13.8 Å². The zero-order valence-electron chi connectivity index (χ0n) is 10.5. The van der Waals surface area contributed by atoms with Gasteiger partial charge in [0.2, 0.25) is 0 Å². The highest BCUT2D eigenvalue weighted by Crippen LogP contribution is 2.22. The highest BCUT2D eigenvalue weighted by Gasteiger charge is 2.06. The van der Waals surface area contributed by atoms with Crippen molar-refractivity contribution in [1.82, 2.24) is 9.97 Å². The fourth-order valence-corrected chi connectivity index (χ4v) is 1.92. The molecule has 0 saturated heterocycles. The van der Waals surface area contributed by atoms with Gasteiger partial charge in [-0.2, -0.15) is 0 Å². The summed E-state index contributed by atoms with van der Waals surface area (Å²) in [5.74, 6) is 1.02. The number of nitrogens with two attached hydrogens (primary N) is 1. The Morgan fingerprint density at radius 3 is 2.88 bits per heavy atom. The van der Waals surface area contributed by atoms with Crippen molar-refractivity contribution in [2.75, 3.05) is 6.54 Å². The van der Waals surface area contributed by atoms with Crippen LogP contribution in [0.4, 0.5) is 0 Å². The molecular weight excluding hydrogens is 210 g/mol. The summed E-state index contributed by atoms with van der Waals surface area (Å²) in [5, 5.41) is 0. The molecule has 1 aromatic carbocycles. The molecule has 0 spiro atoms. The number of imidazole rings is 1. The molecule has 0 fully saturated rings. The second kappa shape index (κ2) is 5.15. The molecule has 3 heteroatoms. The predicted molar refractivity (Wildman–Crippen MR) is 70.9 cm³/mol. The quantitative estimate of drug-likeness (QED) is 0.846. The number of hydrogen-bond donors (Lipinski definition) is 2. The molecule has 1 heterocycles. The van der Waals surface area contributed by atoms with E-state index < -0.39 is 0 Å². The van der Waals surface area contributed by atoms with Crippen molar-refractivity contribution >= 4 is 0 Å². The van der Waals surface area contributed by atoms with Crippen molar-refractivity contribution in [1.29, 1.82) is 0 Å². The van der Waals surface area contributed by atoms with E-state index in [1.54, 1.807) is 0 Å². The molecule has 1 aromatic heterocycles. The lowest BCUT2D eigenvalue weighted by atomic mass is 10.0. The maximum Gasteiger partial charge on any atom is 0.106 e. The first-order valence-electron chi connectivity index (χ1n) is 6.02. The summed E-state index contributed by atoms with van der Waals surface area (Å²) in [6.45, 7) is 4.93. The molecule has 17 heavy (non-hydrogen) atoms. The first-order valence-corrected chi connectivity index (χ1v) is 6.02. The van der Waals surface area contributed by atoms with Gasteiger partial charge < -0.3 is 10.7 Å². The average Bonchev–Trinajstić information content (AvgIpc) is 2.78. The minimum atomic E-state index is 0.708. The Labute approximate surface area is 102 Å². The predicted octanol–water partition coefficient (Wildman–Crippen LogP) is 2.58. The highest BCUT2D eigenvalue weighted by molar-refractivity contribution is 5.63. The van der Waals surface area contributed by atoms with Crippen LogP contribution in [0.5, 0.6) is 0 Å². The van der Waals surface area contributed by atoms with Crippen LogP contribution in [-0.2, 0) is 6.42 Å². The van der Waals surface area contributed by atoms with Crippen LogP contribution >= 0.6 is 0 Å². The average molecular weight is 229 g/mol. The molecule has 0 amide bonds. The maximum atomic E-state index is 5.50. The number of aromatic amines is 1. The largest absolute Gasteiger partial charge is 0.342 e. The van der Waals surface area contributed by atoms with Gasteiger partial charge in [-0.1, -0.05) is 17.7 Å². The van der Waals surface area contributed by atoms with E-state index in [-0.39, 0.29) is 0 Å². The zero-order valence-corrected chi connectivity index (χ0v) is 10.5. The Hall–Kier alpha value is -1.61. The van der Waals surface area contributed by atoms with E-state index in [2.05, 4.69) is 42.0 Å². The van der Waals surface area contributed by atoms with Crippen LogP contribution in [0.2, 0.25) is 0 Å². The van der Waals surface area contributed by atoms with Crippen LogP contribution < -0.4 is 5.73 Å². The number of rotatable bonds is 4. The van der Waals surface area contributed by atoms with E-state index in [4.69, 9.17) is 5.73 Å². The van der Waals surface area contributed by atoms with Crippen LogP contribution in [-0.4, -0.2) is 16.5 Å². The Morgan fingerprint density at radius 1 is 1.29 bits per heavy atom. The number of aromatic nitrogens is 2. The Bertz CT molecular complexity index is 500. The van der Waals surface area contributed by atoms with Crippen LogP contribution in [0.15, 0.2) is 24.4 Å². The fraction of sp³-hybridized carbons (Fsp3) is 0.357. The van der Waals surface area contributed by atoms with Gasteiger partial charge in [0.05, 0.1) is 11.9 Å². The van der Waals surface area contributed by atoms with Crippen molar-refractivity contribution < 1.29 is 0 Å². The van der Waals surface area contributed by atoms with Crippen LogP contribution in [0.25, 0.3) is 11.3 Å². The summed E-state index contributed by atoms with van der Waals surface area (Å²) in [7, 11) is 0. The first kappa shape index (κ1) is 11.9. The number of benzene rings is 1. The topological polar surface area (TPSA) is 54.7 Å². The first-order chi connectivity index (χ1) is 8.20. The summed E-state index contributed by atoms with van der Waals surface area (Å²) < 4.78 is 0. The molecule has 0 atom stereocenters. The third-order valence-electron chi connectivity index (χ3n) is 2.93. The minimum absolute atomic E-state index is 0.708. The normalized spacial score (nSPS) is 10.8. The Kier molecular flexibility index (Phi) is 3.59. The second-order valence-corrected chi connectivity index (χ2v) is 4.45. The third kappa shape index (κ3) is 2.74. The molecule has 0 radical (unpaired) electrons. The second-order valence-electron chi connectivity index (χ2n) is 4.45. The van der Waals surface area contributed by atoms with Gasteiger partial charge in [0, 0.05) is 12.0 Å². The van der Waals surface area contributed by atoms with Gasteiger partial charge in [-0.25, -0.2) is 4.98 Å². The van der Waals surface area contributed by atoms with Gasteiger partial charge in [-0.05, 0) is 38.4 Å². The van der Waals surface area contributed by atoms with E-state index in [1.165, 1.54) is 16.7 Å². The van der Waals surface area contributed by atoms with Gasteiger partial charge in [0.1, 0.15) is 5.82 Å². The lowest BCUT2D eigenvalue weighted by Gasteiger charge is -2.04. The smallest absolute Gasteiger partial charge is 0.106 e. The van der Waals surface area contributed by atoms with Crippen molar-refractivity contribution in [3.63, 3.8) is 0 Å². The van der Waals surface area contributed by atoms with E-state index in [0.717, 1.165) is 24.4 Å². The number of aryl methyl sites for hydroxylation is 3. The molecule has 90 valence electrons. The summed E-state index contributed by atoms with van der Waals surface area (Å²) in [5.41, 5.74) is 10.4. The lowest BCUT2D eigenvalue weighted by molar-refractivity contribution is 0.794. The summed E-state index contributed by atoms with van der Waals surface area (Å²) in [6, 6.07) is 6.46. The standard InChI is InChI=1S/C14H19N3/c1-10-5-6-11(2)12(8-10)13-9-16-14(17-13)4-3-7-15/h5-6,8-9H,3-4,7,15H2,1-2H3,(H,16,17). The molecule has 0 saturated carbocycles. The number of H-pyrrole nitrogens is 1. The summed E-state index contributed by atoms with van der Waals surface area (Å²) in [4.78, 5) is 7.76. The Balaban J connectivity index is 2.27. The molecule has 0 aliphatic carbocycles. The van der Waals surface area contributed by atoms with Gasteiger partial charge in [-0.3, -0.25) is 0 Å². The fourth-order valence-electron chi connectivity index (χ4n) is 1.92. The van der Waals surface area contributed by atoms with Crippen molar-refractivity contribution in [3.05, 3.63) is 41.3 Å². The van der Waals surface area contributed by atoms with Crippen molar-refractivity contribution in [2.45, 2.75) is 26.7 Å². The third-order valence-corrected chi connectivity index (χ3v) is 2.93. The summed E-state index contributed by atoms with van der Waals surface area (Å²) in [6.07, 6.45) is 3.80. The van der Waals surface area contributed by atoms with Gasteiger partial charge in [-0.15, -0.1) is 0 Å². The molecule has 0 aliphatic heterocycles. The van der Waals surface area contributed by atoms with Crippen molar-refractivity contribution in [2.24, 2.45) is 5.73 Å². The van der Waals surface area contributed by atoms with E-state index >= 15 is 0 Å². The van der Waals surface area contributed by atoms with Crippen LogP contribution in [0.1, 0.15) is 23.4 Å². The van der Waals surface area contributed by atoms with E-state index in [0.29, 0.717) is 6.54 Å². The number of hydrogen-bond acceptors (Lipinski definition) is 2. The lowest BCUT2D eigenvalue weighted by Crippen LogP contribution is -2.01. The zero-order chi connectivity index (χ0) is 12.3. The molecule has 0 unspecified atom stereocenters. The molecule has 3 nitrogen and oxygen atoms in total. The van der Waals surface area contributed by atoms with Gasteiger partial charge >= 0.3 is 0 Å². The Morgan fingerprint density at radius 2 is 2.12 bits per heavy atom. The molecule has 0 aliphatic rings. The molecule has 0 bridgehead atoms. The molecule has 2 aromatic rings. The number of nitrogens with zero attached hydrogens (tertiary/aromatic N) is 1. The minimum Gasteiger partial charge on any atom is -0.342 e. The number of nitrogens with one attached hydrogen (secondary N) is 1. The van der Waals surface area contributed by atoms with Gasteiger partial charge in [0.25, 0.3) is 0 Å². The molecular formula is C14H19N3. The molecule has 3 N–H and O–H groups in total. The van der Waals surface area contributed by atoms with Crippen molar-refractivity contribution in [3.8, 4) is 11.3 Å². The van der Waals surface area contributed by atoms with Gasteiger partial charge in [0.15, 0.2) is 0 Å². The summed E-state index contributed by atoms with van der Waals surface area (Å²) >= 11 is 0. The van der Waals surface area contributed by atoms with E-state index in [9.17, 15) is 0 Å². The molecule has 2 rings (SSSR count). The maximum absolute atomic E-state index is 5.50.